The summed E-state index contributed by atoms with van der Waals surface area (Å²) in [4.78, 5) is 40.1. The molecule has 0 radical (unpaired) electrons. The zero-order valence-corrected chi connectivity index (χ0v) is 21.2. The van der Waals surface area contributed by atoms with E-state index in [0.717, 1.165) is 32.4 Å². The van der Waals surface area contributed by atoms with E-state index in [1.165, 1.54) is 0 Å². The number of imide groups is 1. The number of carbonyl (C=O) groups is 3. The van der Waals surface area contributed by atoms with Crippen molar-refractivity contribution in [2.45, 2.75) is 20.8 Å². The van der Waals surface area contributed by atoms with E-state index in [0.29, 0.717) is 22.7 Å². The van der Waals surface area contributed by atoms with Crippen LogP contribution < -0.4 is 15.0 Å². The molecular formula is C30H23ClN2O4. The van der Waals surface area contributed by atoms with Crippen LogP contribution >= 0.6 is 11.6 Å². The fourth-order valence-electron chi connectivity index (χ4n) is 4.30. The number of rotatable bonds is 5. The molecule has 1 N–H and O–H groups in total. The van der Waals surface area contributed by atoms with Crippen molar-refractivity contribution in [3.63, 3.8) is 0 Å². The van der Waals surface area contributed by atoms with Crippen molar-refractivity contribution in [2.24, 2.45) is 0 Å². The molecule has 1 aliphatic rings. The van der Waals surface area contributed by atoms with Gasteiger partial charge in [-0.05, 0) is 73.2 Å². The highest BCUT2D eigenvalue weighted by Crippen LogP contribution is 2.34. The topological polar surface area (TPSA) is 75.7 Å². The lowest BCUT2D eigenvalue weighted by Crippen LogP contribution is -2.32. The minimum Gasteiger partial charge on any atom is -0.422 e. The second-order valence-corrected chi connectivity index (χ2v) is 9.26. The number of halogens is 1. The largest absolute Gasteiger partial charge is 0.422 e. The van der Waals surface area contributed by atoms with Crippen LogP contribution in [-0.2, 0) is 9.59 Å². The number of aryl methyl sites for hydroxylation is 2. The van der Waals surface area contributed by atoms with Crippen LogP contribution in [0.2, 0.25) is 0 Å². The first-order chi connectivity index (χ1) is 17.8. The SMILES string of the molecule is Cc1ccc(C)c(OC(=O)c2ccc(NC3=C(Cl)C(=O)N(c4cccc5ccccc45)C3=O)cc2)c1C. The minimum atomic E-state index is -0.602. The monoisotopic (exact) mass is 510 g/mol. The van der Waals surface area contributed by atoms with Crippen LogP contribution in [0, 0.1) is 20.8 Å². The van der Waals surface area contributed by atoms with Crippen LogP contribution in [-0.4, -0.2) is 17.8 Å². The van der Waals surface area contributed by atoms with Crippen molar-refractivity contribution in [1.29, 1.82) is 0 Å². The highest BCUT2D eigenvalue weighted by atomic mass is 35.5. The number of esters is 1. The Bertz CT molecular complexity index is 1620. The van der Waals surface area contributed by atoms with E-state index in [1.807, 2.05) is 63.2 Å². The Kier molecular flexibility index (Phi) is 6.27. The van der Waals surface area contributed by atoms with Gasteiger partial charge in [0, 0.05) is 11.1 Å². The molecule has 6 nitrogen and oxygen atoms in total. The van der Waals surface area contributed by atoms with Gasteiger partial charge in [0.25, 0.3) is 11.8 Å². The molecule has 0 aliphatic carbocycles. The summed E-state index contributed by atoms with van der Waals surface area (Å²) in [6, 6.07) is 23.2. The van der Waals surface area contributed by atoms with Gasteiger partial charge in [-0.25, -0.2) is 9.69 Å². The Balaban J connectivity index is 1.35. The number of hydrogen-bond donors (Lipinski definition) is 1. The lowest BCUT2D eigenvalue weighted by atomic mass is 10.1. The minimum absolute atomic E-state index is 0.0269. The lowest BCUT2D eigenvalue weighted by Gasteiger charge is -2.17. The number of hydrogen-bond acceptors (Lipinski definition) is 5. The molecule has 0 spiro atoms. The number of carbonyl (C=O) groups excluding carboxylic acids is 3. The molecule has 4 aromatic rings. The predicted octanol–water partition coefficient (Wildman–Crippen LogP) is 6.42. The maximum atomic E-state index is 13.3. The van der Waals surface area contributed by atoms with E-state index < -0.39 is 17.8 Å². The second-order valence-electron chi connectivity index (χ2n) is 8.88. The van der Waals surface area contributed by atoms with Crippen LogP contribution in [0.5, 0.6) is 5.75 Å². The summed E-state index contributed by atoms with van der Waals surface area (Å²) in [6.07, 6.45) is 0. The Morgan fingerprint density at radius 2 is 1.49 bits per heavy atom. The first-order valence-electron chi connectivity index (χ1n) is 11.7. The van der Waals surface area contributed by atoms with Gasteiger partial charge in [0.1, 0.15) is 16.5 Å². The van der Waals surface area contributed by atoms with Gasteiger partial charge in [-0.15, -0.1) is 0 Å². The number of nitrogens with zero attached hydrogens (tertiary/aromatic N) is 1. The normalized spacial score (nSPS) is 13.5. The van der Waals surface area contributed by atoms with Crippen molar-refractivity contribution in [2.75, 3.05) is 10.2 Å². The molecule has 5 rings (SSSR count). The summed E-state index contributed by atoms with van der Waals surface area (Å²) in [5.74, 6) is -1.10. The van der Waals surface area contributed by atoms with Crippen molar-refractivity contribution >= 4 is 51.5 Å². The van der Waals surface area contributed by atoms with Crippen molar-refractivity contribution in [3.8, 4) is 5.75 Å². The summed E-state index contributed by atoms with van der Waals surface area (Å²) in [7, 11) is 0. The van der Waals surface area contributed by atoms with Crippen LogP contribution in [0.4, 0.5) is 11.4 Å². The molecule has 0 atom stereocenters. The maximum Gasteiger partial charge on any atom is 0.343 e. The molecule has 0 aromatic heterocycles. The van der Waals surface area contributed by atoms with Gasteiger partial charge in [0.15, 0.2) is 0 Å². The zero-order valence-electron chi connectivity index (χ0n) is 20.5. The van der Waals surface area contributed by atoms with Gasteiger partial charge in [-0.2, -0.15) is 0 Å². The Hall–Kier alpha value is -4.42. The molecule has 184 valence electrons. The third-order valence-electron chi connectivity index (χ3n) is 6.49. The lowest BCUT2D eigenvalue weighted by molar-refractivity contribution is -0.120. The molecule has 1 aliphatic heterocycles. The molecule has 7 heteroatoms. The third-order valence-corrected chi connectivity index (χ3v) is 6.84. The van der Waals surface area contributed by atoms with Crippen molar-refractivity contribution in [3.05, 3.63) is 112 Å². The Labute approximate surface area is 219 Å². The summed E-state index contributed by atoms with van der Waals surface area (Å²) in [5, 5.41) is 4.40. The second kappa shape index (κ2) is 9.56. The van der Waals surface area contributed by atoms with Gasteiger partial charge < -0.3 is 10.1 Å². The standard InChI is InChI=1S/C30H23ClN2O4/c1-17-11-12-18(2)27(19(17)3)37-30(36)21-13-15-22(16-14-21)32-26-25(31)28(34)33(29(26)35)24-10-6-8-20-7-4-5-9-23(20)24/h4-16,32H,1-3H3. The summed E-state index contributed by atoms with van der Waals surface area (Å²) in [5.41, 5.74) is 4.09. The Morgan fingerprint density at radius 3 is 2.24 bits per heavy atom. The number of anilines is 2. The van der Waals surface area contributed by atoms with E-state index in [4.69, 9.17) is 16.3 Å². The number of nitrogens with one attached hydrogen (secondary N) is 1. The van der Waals surface area contributed by atoms with E-state index in [9.17, 15) is 14.4 Å². The highest BCUT2D eigenvalue weighted by molar-refractivity contribution is 6.53. The van der Waals surface area contributed by atoms with E-state index in [2.05, 4.69) is 5.32 Å². The number of fused-ring (bicyclic) bond motifs is 1. The number of ether oxygens (including phenoxy) is 1. The van der Waals surface area contributed by atoms with Gasteiger partial charge in [0.05, 0.1) is 11.3 Å². The average Bonchev–Trinajstić information content (AvgIpc) is 3.11. The summed E-state index contributed by atoms with van der Waals surface area (Å²) >= 11 is 6.31. The fraction of sp³-hybridized carbons (Fsp3) is 0.100. The van der Waals surface area contributed by atoms with Crippen LogP contribution in [0.25, 0.3) is 10.8 Å². The van der Waals surface area contributed by atoms with E-state index >= 15 is 0 Å². The fourth-order valence-corrected chi connectivity index (χ4v) is 4.51. The molecule has 2 amide bonds. The maximum absolute atomic E-state index is 13.3. The first kappa shape index (κ1) is 24.3. The molecule has 37 heavy (non-hydrogen) atoms. The first-order valence-corrected chi connectivity index (χ1v) is 12.1. The number of benzene rings is 4. The highest BCUT2D eigenvalue weighted by Gasteiger charge is 2.39. The van der Waals surface area contributed by atoms with Gasteiger partial charge in [0.2, 0.25) is 0 Å². The van der Waals surface area contributed by atoms with Crippen LogP contribution in [0.3, 0.4) is 0 Å². The smallest absolute Gasteiger partial charge is 0.343 e. The van der Waals surface area contributed by atoms with Gasteiger partial charge in [-0.3, -0.25) is 9.59 Å². The summed E-state index contributed by atoms with van der Waals surface area (Å²) < 4.78 is 5.67. The summed E-state index contributed by atoms with van der Waals surface area (Å²) in [6.45, 7) is 5.76. The van der Waals surface area contributed by atoms with E-state index in [-0.39, 0.29) is 10.7 Å². The predicted molar refractivity (Wildman–Crippen MR) is 145 cm³/mol. The molecule has 0 saturated carbocycles. The Morgan fingerprint density at radius 1 is 0.811 bits per heavy atom. The average molecular weight is 511 g/mol. The van der Waals surface area contributed by atoms with E-state index in [1.54, 1.807) is 36.4 Å². The molecular weight excluding hydrogens is 488 g/mol. The van der Waals surface area contributed by atoms with Gasteiger partial charge >= 0.3 is 5.97 Å². The molecule has 0 saturated heterocycles. The third kappa shape index (κ3) is 4.36. The zero-order chi connectivity index (χ0) is 26.3. The van der Waals surface area contributed by atoms with Crippen LogP contribution in [0.1, 0.15) is 27.0 Å². The van der Waals surface area contributed by atoms with Crippen LogP contribution in [0.15, 0.2) is 89.6 Å². The molecule has 0 unspecified atom stereocenters. The van der Waals surface area contributed by atoms with Gasteiger partial charge in [-0.1, -0.05) is 60.1 Å². The molecule has 4 aromatic carbocycles. The quantitative estimate of drug-likeness (QED) is 0.190. The molecule has 0 fully saturated rings. The molecule has 1 heterocycles. The molecule has 0 bridgehead atoms. The van der Waals surface area contributed by atoms with Crippen molar-refractivity contribution in [1.82, 2.24) is 0 Å². The van der Waals surface area contributed by atoms with Crippen molar-refractivity contribution < 1.29 is 19.1 Å². The number of amides is 2.